The molecule has 0 heterocycles. The van der Waals surface area contributed by atoms with Gasteiger partial charge in [-0.2, -0.15) is 0 Å². The van der Waals surface area contributed by atoms with Gasteiger partial charge in [0.2, 0.25) is 5.91 Å². The Labute approximate surface area is 116 Å². The van der Waals surface area contributed by atoms with Gasteiger partial charge < -0.3 is 15.5 Å². The first-order valence-corrected chi connectivity index (χ1v) is 6.98. The predicted molar refractivity (Wildman–Crippen MR) is 80.6 cm³/mol. The molecule has 106 valence electrons. The van der Waals surface area contributed by atoms with E-state index in [4.69, 9.17) is 18.0 Å². The van der Waals surface area contributed by atoms with Crippen molar-refractivity contribution >= 4 is 23.1 Å². The highest BCUT2D eigenvalue weighted by Crippen LogP contribution is 2.03. The second-order valence-corrected chi connectivity index (χ2v) is 5.58. The first-order chi connectivity index (χ1) is 8.36. The third kappa shape index (κ3) is 8.42. The van der Waals surface area contributed by atoms with Crippen molar-refractivity contribution in [2.24, 2.45) is 11.7 Å². The highest BCUT2D eigenvalue weighted by molar-refractivity contribution is 7.80. The van der Waals surface area contributed by atoms with Crippen LogP contribution in [0.4, 0.5) is 0 Å². The molecule has 0 spiro atoms. The molecule has 5 heteroatoms. The van der Waals surface area contributed by atoms with Crippen LogP contribution in [0.5, 0.6) is 0 Å². The quantitative estimate of drug-likeness (QED) is 0.647. The van der Waals surface area contributed by atoms with Crippen molar-refractivity contribution < 1.29 is 4.79 Å². The lowest BCUT2D eigenvalue weighted by Gasteiger charge is -2.22. The van der Waals surface area contributed by atoms with Gasteiger partial charge >= 0.3 is 0 Å². The van der Waals surface area contributed by atoms with E-state index in [1.165, 1.54) is 6.42 Å². The van der Waals surface area contributed by atoms with Crippen LogP contribution < -0.4 is 5.73 Å². The zero-order valence-corrected chi connectivity index (χ0v) is 12.9. The van der Waals surface area contributed by atoms with E-state index in [0.717, 1.165) is 13.1 Å². The summed E-state index contributed by atoms with van der Waals surface area (Å²) < 4.78 is 0. The molecule has 0 radical (unpaired) electrons. The molecule has 0 saturated carbocycles. The number of hydrogen-bond acceptors (Lipinski definition) is 3. The average Bonchev–Trinajstić information content (AvgIpc) is 2.32. The zero-order valence-electron chi connectivity index (χ0n) is 12.1. The van der Waals surface area contributed by atoms with E-state index in [0.29, 0.717) is 30.3 Å². The largest absolute Gasteiger partial charge is 0.393 e. The van der Waals surface area contributed by atoms with Crippen LogP contribution in [0.2, 0.25) is 0 Å². The van der Waals surface area contributed by atoms with E-state index in [-0.39, 0.29) is 5.91 Å². The van der Waals surface area contributed by atoms with E-state index in [9.17, 15) is 4.79 Å². The van der Waals surface area contributed by atoms with Gasteiger partial charge in [-0.1, -0.05) is 32.5 Å². The maximum absolute atomic E-state index is 11.8. The number of carbonyl (C=O) groups is 1. The van der Waals surface area contributed by atoms with Gasteiger partial charge in [-0.25, -0.2) is 0 Å². The first-order valence-electron chi connectivity index (χ1n) is 6.57. The normalized spacial score (nSPS) is 12.5. The summed E-state index contributed by atoms with van der Waals surface area (Å²) in [6, 6.07) is 0. The Morgan fingerprint density at radius 1 is 1.28 bits per heavy atom. The monoisotopic (exact) mass is 273 g/mol. The van der Waals surface area contributed by atoms with Crippen LogP contribution in [0.15, 0.2) is 0 Å². The van der Waals surface area contributed by atoms with Gasteiger partial charge in [0.15, 0.2) is 0 Å². The van der Waals surface area contributed by atoms with Gasteiger partial charge in [-0.15, -0.1) is 0 Å². The molecule has 0 aromatic heterocycles. The summed E-state index contributed by atoms with van der Waals surface area (Å²) in [5.41, 5.74) is 5.42. The molecule has 0 aromatic rings. The highest BCUT2D eigenvalue weighted by atomic mass is 32.1. The van der Waals surface area contributed by atoms with Gasteiger partial charge in [0.05, 0.1) is 4.99 Å². The summed E-state index contributed by atoms with van der Waals surface area (Å²) >= 11 is 4.80. The Kier molecular flexibility index (Phi) is 8.93. The molecule has 1 atom stereocenters. The summed E-state index contributed by atoms with van der Waals surface area (Å²) in [5, 5.41) is 0. The number of nitrogens with zero attached hydrogens (tertiary/aromatic N) is 2. The number of hydrogen-bond donors (Lipinski definition) is 1. The fourth-order valence-electron chi connectivity index (χ4n) is 1.63. The molecule has 18 heavy (non-hydrogen) atoms. The number of carbonyl (C=O) groups excluding carboxylic acids is 1. The number of nitrogens with two attached hydrogens (primary N) is 1. The van der Waals surface area contributed by atoms with Crippen LogP contribution in [0.1, 0.15) is 33.1 Å². The van der Waals surface area contributed by atoms with Crippen molar-refractivity contribution in [3.05, 3.63) is 0 Å². The second kappa shape index (κ2) is 9.28. The van der Waals surface area contributed by atoms with E-state index < -0.39 is 0 Å². The van der Waals surface area contributed by atoms with E-state index in [1.54, 1.807) is 11.9 Å². The predicted octanol–water partition coefficient (Wildman–Crippen LogP) is 1.49. The Bertz CT molecular complexity index is 271. The van der Waals surface area contributed by atoms with Gasteiger partial charge in [0.1, 0.15) is 0 Å². The highest BCUT2D eigenvalue weighted by Gasteiger charge is 2.11. The Hall–Kier alpha value is -0.680. The van der Waals surface area contributed by atoms with Crippen LogP contribution in [0.3, 0.4) is 0 Å². The molecule has 2 N–H and O–H groups in total. The van der Waals surface area contributed by atoms with E-state index >= 15 is 0 Å². The van der Waals surface area contributed by atoms with Gasteiger partial charge in [0.25, 0.3) is 0 Å². The van der Waals surface area contributed by atoms with E-state index in [1.807, 2.05) is 0 Å². The topological polar surface area (TPSA) is 49.6 Å². The van der Waals surface area contributed by atoms with Crippen LogP contribution in [0.25, 0.3) is 0 Å². The molecule has 0 aromatic carbocycles. The second-order valence-electron chi connectivity index (χ2n) is 5.06. The number of rotatable bonds is 9. The number of amides is 1. The molecule has 0 saturated heterocycles. The third-order valence-electron chi connectivity index (χ3n) is 3.15. The van der Waals surface area contributed by atoms with Crippen LogP contribution in [-0.4, -0.2) is 54.4 Å². The molecular formula is C13H27N3OS. The maximum atomic E-state index is 11.8. The summed E-state index contributed by atoms with van der Waals surface area (Å²) in [4.78, 5) is 16.2. The Balaban J connectivity index is 3.84. The van der Waals surface area contributed by atoms with Crippen LogP contribution >= 0.6 is 12.2 Å². The minimum absolute atomic E-state index is 0.155. The lowest BCUT2D eigenvalue weighted by Crippen LogP contribution is -2.33. The molecule has 4 nitrogen and oxygen atoms in total. The Morgan fingerprint density at radius 3 is 2.39 bits per heavy atom. The van der Waals surface area contributed by atoms with E-state index in [2.05, 4.69) is 25.8 Å². The molecule has 0 aliphatic rings. The minimum Gasteiger partial charge on any atom is -0.393 e. The Morgan fingerprint density at radius 2 is 1.89 bits per heavy atom. The summed E-state index contributed by atoms with van der Waals surface area (Å²) in [5.74, 6) is 0.833. The van der Waals surface area contributed by atoms with Crippen LogP contribution in [0, 0.1) is 5.92 Å². The first kappa shape index (κ1) is 17.3. The molecule has 0 bridgehead atoms. The zero-order chi connectivity index (χ0) is 14.1. The molecule has 0 aliphatic heterocycles. The molecule has 0 aliphatic carbocycles. The van der Waals surface area contributed by atoms with Crippen LogP contribution in [-0.2, 0) is 4.79 Å². The maximum Gasteiger partial charge on any atom is 0.223 e. The van der Waals surface area contributed by atoms with Crippen molar-refractivity contribution in [3.8, 4) is 0 Å². The average molecular weight is 273 g/mol. The molecule has 1 amide bonds. The summed E-state index contributed by atoms with van der Waals surface area (Å²) in [7, 11) is 3.86. The lowest BCUT2D eigenvalue weighted by atomic mass is 10.1. The fraction of sp³-hybridized carbons (Fsp3) is 0.846. The molecule has 0 fully saturated rings. The SMILES string of the molecule is CCC(C)CN(C)CCC(=O)N(C)CCC(N)=S. The standard InChI is InChI=1S/C13H27N3OS/c1-5-11(2)10-15(3)8-7-13(17)16(4)9-6-12(14)18/h11H,5-10H2,1-4H3,(H2,14,18). The lowest BCUT2D eigenvalue weighted by molar-refractivity contribution is -0.130. The van der Waals surface area contributed by atoms with Gasteiger partial charge in [0, 0.05) is 39.5 Å². The minimum atomic E-state index is 0.155. The van der Waals surface area contributed by atoms with Crippen molar-refractivity contribution in [3.63, 3.8) is 0 Å². The van der Waals surface area contributed by atoms with Crippen molar-refractivity contribution in [1.29, 1.82) is 0 Å². The third-order valence-corrected chi connectivity index (χ3v) is 3.35. The molecular weight excluding hydrogens is 246 g/mol. The smallest absolute Gasteiger partial charge is 0.223 e. The number of thiocarbonyl (C=S) groups is 1. The summed E-state index contributed by atoms with van der Waals surface area (Å²) in [6.45, 7) is 6.88. The fourth-order valence-corrected chi connectivity index (χ4v) is 1.72. The molecule has 1 unspecified atom stereocenters. The van der Waals surface area contributed by atoms with Crippen molar-refractivity contribution in [2.45, 2.75) is 33.1 Å². The van der Waals surface area contributed by atoms with Gasteiger partial charge in [-0.3, -0.25) is 4.79 Å². The summed E-state index contributed by atoms with van der Waals surface area (Å²) in [6.07, 6.45) is 2.33. The van der Waals surface area contributed by atoms with Crippen molar-refractivity contribution in [2.75, 3.05) is 33.7 Å². The van der Waals surface area contributed by atoms with Crippen molar-refractivity contribution in [1.82, 2.24) is 9.80 Å². The van der Waals surface area contributed by atoms with Gasteiger partial charge in [-0.05, 0) is 13.0 Å². The molecule has 0 rings (SSSR count).